The monoisotopic (exact) mass is 326 g/mol. The second-order valence-corrected chi connectivity index (χ2v) is 21.6. The highest BCUT2D eigenvalue weighted by Gasteiger charge is 2.45. The maximum atomic E-state index is 6.27. The Morgan fingerprint density at radius 1 is 0.667 bits per heavy atom. The summed E-state index contributed by atoms with van der Waals surface area (Å²) in [5, 5.41) is 0.626. The molecule has 0 N–H and O–H groups in total. The third-order valence-corrected chi connectivity index (χ3v) is 22.0. The minimum absolute atomic E-state index is 0.200. The first kappa shape index (κ1) is 19.3. The van der Waals surface area contributed by atoms with E-state index in [0.29, 0.717) is 0 Å². The molecule has 0 aromatic rings. The summed E-state index contributed by atoms with van der Waals surface area (Å²) in [6, 6.07) is -2.94. The van der Waals surface area contributed by atoms with Crippen LogP contribution in [0.5, 0.6) is 0 Å². The Bertz CT molecular complexity index is 371. The zero-order valence-corrected chi connectivity index (χ0v) is 17.3. The Balaban J connectivity index is 5.75. The number of hydrogen-bond acceptors (Lipinski definition) is 2. The van der Waals surface area contributed by atoms with Gasteiger partial charge in [0.25, 0.3) is 0 Å². The topological polar surface area (TPSA) is 0 Å². The highest BCUT2D eigenvalue weighted by Crippen LogP contribution is 2.75. The molecular formula is C14H32P2S2. The lowest BCUT2D eigenvalue weighted by Crippen LogP contribution is -2.32. The minimum atomic E-state index is -1.53. The zero-order chi connectivity index (χ0) is 15.2. The van der Waals surface area contributed by atoms with Crippen LogP contribution in [-0.4, -0.2) is 28.0 Å². The van der Waals surface area contributed by atoms with Gasteiger partial charge >= 0.3 is 0 Å². The molecule has 0 fully saturated rings. The van der Waals surface area contributed by atoms with Gasteiger partial charge in [0.05, 0.1) is 0 Å². The third kappa shape index (κ3) is 3.91. The van der Waals surface area contributed by atoms with Crippen LogP contribution >= 0.6 is 12.1 Å². The Labute approximate surface area is 126 Å². The third-order valence-electron chi connectivity index (χ3n) is 4.06. The maximum absolute atomic E-state index is 6.27. The Morgan fingerprint density at radius 2 is 0.944 bits per heavy atom. The van der Waals surface area contributed by atoms with Gasteiger partial charge < -0.3 is 0 Å². The number of rotatable bonds is 2. The molecule has 4 heteroatoms. The van der Waals surface area contributed by atoms with Gasteiger partial charge in [0.2, 0.25) is 0 Å². The molecule has 0 rings (SSSR count). The van der Waals surface area contributed by atoms with Gasteiger partial charge in [-0.15, -0.1) is 0 Å². The van der Waals surface area contributed by atoms with E-state index in [1.807, 2.05) is 0 Å². The highest BCUT2D eigenvalue weighted by molar-refractivity contribution is 8.25. The Morgan fingerprint density at radius 3 is 1.11 bits per heavy atom. The molecule has 0 saturated carbocycles. The fourth-order valence-corrected chi connectivity index (χ4v) is 16.5. The molecule has 0 nitrogen and oxygen atoms in total. The lowest BCUT2D eigenvalue weighted by Gasteiger charge is -2.49. The summed E-state index contributed by atoms with van der Waals surface area (Å²) in [5.41, 5.74) is 0. The van der Waals surface area contributed by atoms with Crippen molar-refractivity contribution in [2.75, 3.05) is 12.6 Å². The quantitative estimate of drug-likeness (QED) is 0.577. The number of hydrogen-bond donors (Lipinski definition) is 0. The van der Waals surface area contributed by atoms with Crippen molar-refractivity contribution in [2.45, 2.75) is 77.8 Å². The summed E-state index contributed by atoms with van der Waals surface area (Å²) >= 11 is 12.3. The molecular weight excluding hydrogens is 294 g/mol. The van der Waals surface area contributed by atoms with Gasteiger partial charge in [-0.3, -0.25) is 0 Å². The van der Waals surface area contributed by atoms with Crippen molar-refractivity contribution in [1.29, 1.82) is 0 Å². The van der Waals surface area contributed by atoms with Crippen LogP contribution in [0.25, 0.3) is 0 Å². The van der Waals surface area contributed by atoms with Gasteiger partial charge in [-0.1, -0.05) is 85.9 Å². The second-order valence-electron chi connectivity index (χ2n) is 8.49. The summed E-state index contributed by atoms with van der Waals surface area (Å²) in [5.74, 6) is 1.11. The standard InChI is InChI=1S/C14H32P2S2/c1-12(2,3)15(10,17)11-16(18,13(4,5)6)14(7,8)9/h11H2,1-10H3/t15-/m0/s1. The van der Waals surface area contributed by atoms with E-state index in [9.17, 15) is 0 Å². The Hall–Kier alpha value is 1.30. The molecule has 0 aromatic heterocycles. The molecule has 110 valence electrons. The molecule has 0 aliphatic rings. The van der Waals surface area contributed by atoms with E-state index >= 15 is 0 Å². The van der Waals surface area contributed by atoms with Crippen LogP contribution in [0.3, 0.4) is 0 Å². The average Bonchev–Trinajstić information content (AvgIpc) is 1.95. The predicted molar refractivity (Wildman–Crippen MR) is 98.6 cm³/mol. The molecule has 0 aromatic carbocycles. The lowest BCUT2D eigenvalue weighted by atomic mass is 10.2. The van der Waals surface area contributed by atoms with Gasteiger partial charge in [0.1, 0.15) is 0 Å². The van der Waals surface area contributed by atoms with Gasteiger partial charge in [-0.2, -0.15) is 0 Å². The molecule has 0 heterocycles. The summed E-state index contributed by atoms with van der Waals surface area (Å²) in [6.45, 7) is 23.1. The van der Waals surface area contributed by atoms with Gasteiger partial charge in [-0.25, -0.2) is 0 Å². The van der Waals surface area contributed by atoms with Crippen LogP contribution in [0.4, 0.5) is 0 Å². The largest absolute Gasteiger partial charge is 0.0968 e. The van der Waals surface area contributed by atoms with Crippen LogP contribution in [0.2, 0.25) is 0 Å². The van der Waals surface area contributed by atoms with Crippen molar-refractivity contribution in [3.05, 3.63) is 0 Å². The lowest BCUT2D eigenvalue weighted by molar-refractivity contribution is 0.705. The van der Waals surface area contributed by atoms with Crippen molar-refractivity contribution in [2.24, 2.45) is 0 Å². The van der Waals surface area contributed by atoms with E-state index in [2.05, 4.69) is 69.0 Å². The summed E-state index contributed by atoms with van der Waals surface area (Å²) < 4.78 is 0. The van der Waals surface area contributed by atoms with E-state index in [1.165, 1.54) is 0 Å². The summed E-state index contributed by atoms with van der Waals surface area (Å²) in [4.78, 5) is 0. The molecule has 18 heavy (non-hydrogen) atoms. The van der Waals surface area contributed by atoms with Gasteiger partial charge in [-0.05, 0) is 34.2 Å². The molecule has 1 atom stereocenters. The van der Waals surface area contributed by atoms with Crippen LogP contribution < -0.4 is 0 Å². The zero-order valence-electron chi connectivity index (χ0n) is 13.9. The van der Waals surface area contributed by atoms with Crippen molar-refractivity contribution >= 4 is 35.7 Å². The smallest absolute Gasteiger partial charge is 0.00725 e. The molecule has 0 amide bonds. The van der Waals surface area contributed by atoms with Crippen LogP contribution in [-0.2, 0) is 23.6 Å². The van der Waals surface area contributed by atoms with Crippen molar-refractivity contribution in [1.82, 2.24) is 0 Å². The first-order valence-corrected chi connectivity index (χ1v) is 13.0. The molecule has 0 spiro atoms. The first-order chi connectivity index (χ1) is 7.46. The maximum Gasteiger partial charge on any atom is 0.00725 e. The second kappa shape index (κ2) is 5.25. The fourth-order valence-electron chi connectivity index (χ4n) is 2.02. The van der Waals surface area contributed by atoms with Crippen LogP contribution in [0.15, 0.2) is 0 Å². The van der Waals surface area contributed by atoms with Crippen molar-refractivity contribution < 1.29 is 0 Å². The van der Waals surface area contributed by atoms with E-state index in [1.54, 1.807) is 0 Å². The van der Waals surface area contributed by atoms with E-state index in [0.717, 1.165) is 5.90 Å². The highest BCUT2D eigenvalue weighted by atomic mass is 32.5. The van der Waals surface area contributed by atoms with Crippen LogP contribution in [0.1, 0.15) is 62.3 Å². The predicted octanol–water partition coefficient (Wildman–Crippen LogP) is 5.93. The molecule has 0 radical (unpaired) electrons. The van der Waals surface area contributed by atoms with E-state index in [4.69, 9.17) is 23.6 Å². The van der Waals surface area contributed by atoms with E-state index < -0.39 is 12.1 Å². The van der Waals surface area contributed by atoms with Gasteiger partial charge in [0, 0.05) is 5.90 Å². The first-order valence-electron chi connectivity index (χ1n) is 6.62. The summed E-state index contributed by atoms with van der Waals surface area (Å²) in [6.07, 6.45) is 0. The van der Waals surface area contributed by atoms with Gasteiger partial charge in [0.15, 0.2) is 0 Å². The van der Waals surface area contributed by atoms with Crippen molar-refractivity contribution in [3.8, 4) is 0 Å². The fraction of sp³-hybridized carbons (Fsp3) is 1.00. The SMILES string of the molecule is CC(C)(C)P(=S)(C[P@](C)(=S)C(C)(C)C)C(C)(C)C. The molecule has 0 aliphatic heterocycles. The minimum Gasteiger partial charge on any atom is -0.0968 e. The molecule has 0 saturated heterocycles. The Kier molecular flexibility index (Phi) is 5.63. The molecule has 0 bridgehead atoms. The molecule has 0 unspecified atom stereocenters. The van der Waals surface area contributed by atoms with Crippen LogP contribution in [0, 0.1) is 0 Å². The average molecular weight is 326 g/mol. The normalized spacial score (nSPS) is 18.6. The molecule has 0 aliphatic carbocycles. The van der Waals surface area contributed by atoms with Crippen molar-refractivity contribution in [3.63, 3.8) is 0 Å². The van der Waals surface area contributed by atoms with E-state index in [-0.39, 0.29) is 15.5 Å². The summed E-state index contributed by atoms with van der Waals surface area (Å²) in [7, 11) is 0.